The van der Waals surface area contributed by atoms with Crippen molar-refractivity contribution in [3.8, 4) is 11.5 Å². The molecule has 0 radical (unpaired) electrons. The number of hydrogen-bond acceptors (Lipinski definition) is 6. The largest absolute Gasteiger partial charge is 0.492 e. The monoisotopic (exact) mass is 493 g/mol. The second-order valence-electron chi connectivity index (χ2n) is 5.84. The van der Waals surface area contributed by atoms with Crippen LogP contribution >= 0.6 is 39.9 Å². The van der Waals surface area contributed by atoms with Gasteiger partial charge >= 0.3 is 5.97 Å². The van der Waals surface area contributed by atoms with Gasteiger partial charge in [-0.2, -0.15) is 0 Å². The van der Waals surface area contributed by atoms with Crippen molar-refractivity contribution in [3.63, 3.8) is 0 Å². The van der Waals surface area contributed by atoms with Gasteiger partial charge in [-0.15, -0.1) is 0 Å². The van der Waals surface area contributed by atoms with Crippen molar-refractivity contribution in [1.29, 1.82) is 0 Å². The average molecular weight is 494 g/mol. The maximum Gasteiger partial charge on any atom is 0.335 e. The average Bonchev–Trinajstić information content (AvgIpc) is 2.95. The van der Waals surface area contributed by atoms with E-state index in [1.54, 1.807) is 31.4 Å². The first-order chi connectivity index (χ1) is 13.8. The summed E-state index contributed by atoms with van der Waals surface area (Å²) in [7, 11) is 1.55. The number of carbonyl (C=O) groups is 2. The van der Waals surface area contributed by atoms with Gasteiger partial charge in [0.15, 0.2) is 15.8 Å². The molecule has 6 nitrogen and oxygen atoms in total. The fourth-order valence-electron chi connectivity index (χ4n) is 2.75. The van der Waals surface area contributed by atoms with E-state index in [2.05, 4.69) is 15.9 Å². The Morgan fingerprint density at radius 3 is 2.76 bits per heavy atom. The third kappa shape index (κ3) is 4.47. The van der Waals surface area contributed by atoms with Gasteiger partial charge in [-0.25, -0.2) is 4.79 Å². The van der Waals surface area contributed by atoms with Crippen LogP contribution < -0.4 is 14.4 Å². The zero-order chi connectivity index (χ0) is 21.1. The summed E-state index contributed by atoms with van der Waals surface area (Å²) in [5, 5.41) is 9.19. The normalized spacial score (nSPS) is 15.1. The number of amides is 1. The van der Waals surface area contributed by atoms with Gasteiger partial charge in [0, 0.05) is 0 Å². The standard InChI is InChI=1S/C20H16BrNO5S2/c1-3-27-15-8-11(7-14(21)17(15)26-2)9-16-18(23)22(20(28)29-16)13-6-4-5-12(10-13)19(24)25/h4-10H,3H2,1-2H3,(H,24,25)/b16-9-. The molecule has 3 rings (SSSR count). The second kappa shape index (κ2) is 8.98. The lowest BCUT2D eigenvalue weighted by Crippen LogP contribution is -2.27. The number of carboxylic acid groups (broad SMARTS) is 1. The van der Waals surface area contributed by atoms with Crippen molar-refractivity contribution in [2.24, 2.45) is 0 Å². The number of nitrogens with zero attached hydrogens (tertiary/aromatic N) is 1. The van der Waals surface area contributed by atoms with Crippen LogP contribution in [-0.2, 0) is 4.79 Å². The Morgan fingerprint density at radius 2 is 2.10 bits per heavy atom. The van der Waals surface area contributed by atoms with E-state index < -0.39 is 5.97 Å². The number of aromatic carboxylic acids is 1. The molecule has 0 spiro atoms. The van der Waals surface area contributed by atoms with Crippen molar-refractivity contribution in [2.45, 2.75) is 6.92 Å². The molecule has 29 heavy (non-hydrogen) atoms. The third-order valence-electron chi connectivity index (χ3n) is 3.98. The van der Waals surface area contributed by atoms with Crippen LogP contribution in [0.5, 0.6) is 11.5 Å². The summed E-state index contributed by atoms with van der Waals surface area (Å²) in [4.78, 5) is 25.9. The lowest BCUT2D eigenvalue weighted by Gasteiger charge is -2.15. The molecule has 2 aromatic rings. The molecule has 0 aliphatic carbocycles. The van der Waals surface area contributed by atoms with E-state index in [1.807, 2.05) is 13.0 Å². The number of ether oxygens (including phenoxy) is 2. The van der Waals surface area contributed by atoms with E-state index in [4.69, 9.17) is 21.7 Å². The highest BCUT2D eigenvalue weighted by Gasteiger charge is 2.33. The number of rotatable bonds is 6. The van der Waals surface area contributed by atoms with Crippen molar-refractivity contribution in [1.82, 2.24) is 0 Å². The Hall–Kier alpha value is -2.36. The minimum absolute atomic E-state index is 0.0842. The highest BCUT2D eigenvalue weighted by Crippen LogP contribution is 2.40. The van der Waals surface area contributed by atoms with Crippen molar-refractivity contribution < 1.29 is 24.2 Å². The quantitative estimate of drug-likeness (QED) is 0.450. The Kier molecular flexibility index (Phi) is 6.61. The molecule has 9 heteroatoms. The zero-order valence-electron chi connectivity index (χ0n) is 15.5. The number of anilines is 1. The molecule has 1 aliphatic rings. The van der Waals surface area contributed by atoms with E-state index in [9.17, 15) is 14.7 Å². The van der Waals surface area contributed by atoms with Gasteiger partial charge in [-0.1, -0.05) is 30.0 Å². The number of carboxylic acids is 1. The highest BCUT2D eigenvalue weighted by molar-refractivity contribution is 9.10. The zero-order valence-corrected chi connectivity index (χ0v) is 18.7. The predicted molar refractivity (Wildman–Crippen MR) is 121 cm³/mol. The maximum absolute atomic E-state index is 13.0. The number of halogens is 1. The van der Waals surface area contributed by atoms with Crippen LogP contribution in [0, 0.1) is 0 Å². The van der Waals surface area contributed by atoms with Gasteiger partial charge < -0.3 is 14.6 Å². The first kappa shape index (κ1) is 21.4. The number of methoxy groups -OCH3 is 1. The third-order valence-corrected chi connectivity index (χ3v) is 5.87. The smallest absolute Gasteiger partial charge is 0.335 e. The Balaban J connectivity index is 1.96. The van der Waals surface area contributed by atoms with Crippen LogP contribution in [0.25, 0.3) is 6.08 Å². The van der Waals surface area contributed by atoms with Crippen molar-refractivity contribution in [2.75, 3.05) is 18.6 Å². The summed E-state index contributed by atoms with van der Waals surface area (Å²) in [6.45, 7) is 2.34. The summed E-state index contributed by atoms with van der Waals surface area (Å²) in [6, 6.07) is 9.72. The molecule has 1 fully saturated rings. The fourth-order valence-corrected chi connectivity index (χ4v) is 4.67. The lowest BCUT2D eigenvalue weighted by molar-refractivity contribution is -0.113. The predicted octanol–water partition coefficient (Wildman–Crippen LogP) is 4.96. The summed E-state index contributed by atoms with van der Waals surface area (Å²) >= 11 is 9.97. The first-order valence-electron chi connectivity index (χ1n) is 8.47. The van der Waals surface area contributed by atoms with Gasteiger partial charge in [0.1, 0.15) is 0 Å². The minimum Gasteiger partial charge on any atom is -0.492 e. The Bertz CT molecular complexity index is 1040. The van der Waals surface area contributed by atoms with Crippen LogP contribution in [-0.4, -0.2) is 35.0 Å². The van der Waals surface area contributed by atoms with Gasteiger partial charge in [0.2, 0.25) is 0 Å². The molecule has 1 N–H and O–H groups in total. The van der Waals surface area contributed by atoms with Crippen LogP contribution in [0.15, 0.2) is 45.8 Å². The summed E-state index contributed by atoms with van der Waals surface area (Å²) in [6.07, 6.45) is 1.72. The topological polar surface area (TPSA) is 76.1 Å². The molecule has 0 bridgehead atoms. The molecule has 1 amide bonds. The Morgan fingerprint density at radius 1 is 1.34 bits per heavy atom. The molecular weight excluding hydrogens is 478 g/mol. The summed E-state index contributed by atoms with van der Waals surface area (Å²) in [5.74, 6) is -0.255. The van der Waals surface area contributed by atoms with Crippen molar-refractivity contribution >= 4 is 67.9 Å². The van der Waals surface area contributed by atoms with E-state index in [-0.39, 0.29) is 11.5 Å². The first-order valence-corrected chi connectivity index (χ1v) is 10.5. The van der Waals surface area contributed by atoms with E-state index in [1.165, 1.54) is 17.0 Å². The maximum atomic E-state index is 13.0. The molecule has 0 aromatic heterocycles. The summed E-state index contributed by atoms with van der Waals surface area (Å²) in [5.41, 5.74) is 1.24. The van der Waals surface area contributed by atoms with E-state index in [0.29, 0.717) is 37.5 Å². The number of thioether (sulfide) groups is 1. The molecule has 2 aromatic carbocycles. The van der Waals surface area contributed by atoms with Gasteiger partial charge in [-0.05, 0) is 64.8 Å². The molecule has 0 atom stereocenters. The van der Waals surface area contributed by atoms with Gasteiger partial charge in [0.05, 0.1) is 34.3 Å². The summed E-state index contributed by atoms with van der Waals surface area (Å²) < 4.78 is 12.0. The SMILES string of the molecule is CCOc1cc(/C=C2\SC(=S)N(c3cccc(C(=O)O)c3)C2=O)cc(Br)c1OC. The van der Waals surface area contributed by atoms with E-state index in [0.717, 1.165) is 17.3 Å². The van der Waals surface area contributed by atoms with Gasteiger partial charge in [-0.3, -0.25) is 9.69 Å². The Labute approximate surface area is 185 Å². The molecule has 1 heterocycles. The fraction of sp³-hybridized carbons (Fsp3) is 0.150. The molecule has 1 aliphatic heterocycles. The van der Waals surface area contributed by atoms with Crippen LogP contribution in [0.3, 0.4) is 0 Å². The van der Waals surface area contributed by atoms with Gasteiger partial charge in [0.25, 0.3) is 5.91 Å². The number of hydrogen-bond donors (Lipinski definition) is 1. The molecule has 0 unspecified atom stereocenters. The molecule has 150 valence electrons. The van der Waals surface area contributed by atoms with Crippen LogP contribution in [0.2, 0.25) is 0 Å². The second-order valence-corrected chi connectivity index (χ2v) is 8.37. The molecular formula is C20H16BrNO5S2. The van der Waals surface area contributed by atoms with Crippen LogP contribution in [0.4, 0.5) is 5.69 Å². The number of carbonyl (C=O) groups excluding carboxylic acids is 1. The number of benzene rings is 2. The van der Waals surface area contributed by atoms with Crippen LogP contribution in [0.1, 0.15) is 22.8 Å². The number of thiocarbonyl (C=S) groups is 1. The molecule has 1 saturated heterocycles. The van der Waals surface area contributed by atoms with Crippen molar-refractivity contribution in [3.05, 3.63) is 56.9 Å². The highest BCUT2D eigenvalue weighted by atomic mass is 79.9. The minimum atomic E-state index is -1.07. The lowest BCUT2D eigenvalue weighted by atomic mass is 10.1. The van der Waals surface area contributed by atoms with E-state index >= 15 is 0 Å². The molecule has 0 saturated carbocycles.